The first-order valence-corrected chi connectivity index (χ1v) is 7.71. The minimum Gasteiger partial charge on any atom is -0.341 e. The summed E-state index contributed by atoms with van der Waals surface area (Å²) in [6, 6.07) is 13.4. The fourth-order valence-corrected chi connectivity index (χ4v) is 3.25. The number of carbonyl (C=O) groups excluding carboxylic acids is 2. The molecule has 118 valence electrons. The maximum atomic E-state index is 12.9. The summed E-state index contributed by atoms with van der Waals surface area (Å²) in [5.41, 5.74) is 5.01. The quantitative estimate of drug-likeness (QED) is 0.947. The molecule has 4 nitrogen and oxygen atoms in total. The Morgan fingerprint density at radius 1 is 1.17 bits per heavy atom. The van der Waals surface area contributed by atoms with Crippen LogP contribution in [0.15, 0.2) is 42.5 Å². The van der Waals surface area contributed by atoms with Crippen molar-refractivity contribution in [1.29, 1.82) is 0 Å². The third kappa shape index (κ3) is 2.84. The molecule has 2 amide bonds. The number of nitrogens with one attached hydrogen (secondary N) is 1. The maximum absolute atomic E-state index is 12.9. The van der Waals surface area contributed by atoms with Gasteiger partial charge in [0.1, 0.15) is 6.04 Å². The van der Waals surface area contributed by atoms with Gasteiger partial charge in [-0.1, -0.05) is 48.0 Å². The van der Waals surface area contributed by atoms with Gasteiger partial charge in [0.05, 0.1) is 12.2 Å². The first kappa shape index (κ1) is 15.3. The van der Waals surface area contributed by atoms with Gasteiger partial charge in [-0.2, -0.15) is 0 Å². The zero-order chi connectivity index (χ0) is 16.6. The molecule has 0 saturated carbocycles. The highest BCUT2D eigenvalue weighted by atomic mass is 16.2. The molecule has 4 heteroatoms. The van der Waals surface area contributed by atoms with Crippen LogP contribution < -0.4 is 10.2 Å². The van der Waals surface area contributed by atoms with Gasteiger partial charge in [-0.3, -0.25) is 9.59 Å². The molecular formula is C19H20N2O2. The second kappa shape index (κ2) is 5.88. The molecule has 1 aliphatic heterocycles. The van der Waals surface area contributed by atoms with Gasteiger partial charge >= 0.3 is 0 Å². The van der Waals surface area contributed by atoms with Crippen molar-refractivity contribution in [2.24, 2.45) is 0 Å². The molecular weight excluding hydrogens is 288 g/mol. The summed E-state index contributed by atoms with van der Waals surface area (Å²) in [5, 5.41) is 2.79. The van der Waals surface area contributed by atoms with E-state index in [1.165, 1.54) is 6.92 Å². The number of amides is 2. The van der Waals surface area contributed by atoms with Crippen molar-refractivity contribution >= 4 is 17.5 Å². The molecule has 0 fully saturated rings. The van der Waals surface area contributed by atoms with Crippen molar-refractivity contribution in [2.45, 2.75) is 33.4 Å². The van der Waals surface area contributed by atoms with Crippen LogP contribution in [0, 0.1) is 13.8 Å². The summed E-state index contributed by atoms with van der Waals surface area (Å²) in [5.74, 6) is -0.275. The Morgan fingerprint density at radius 2 is 1.87 bits per heavy atom. The van der Waals surface area contributed by atoms with E-state index in [1.807, 2.05) is 50.2 Å². The van der Waals surface area contributed by atoms with Gasteiger partial charge in [-0.25, -0.2) is 0 Å². The molecule has 0 aromatic heterocycles. The van der Waals surface area contributed by atoms with Crippen molar-refractivity contribution in [3.63, 3.8) is 0 Å². The number of benzene rings is 2. The van der Waals surface area contributed by atoms with Gasteiger partial charge in [0.2, 0.25) is 5.91 Å². The summed E-state index contributed by atoms with van der Waals surface area (Å²) in [6.07, 6.45) is 0. The van der Waals surface area contributed by atoms with E-state index in [-0.39, 0.29) is 11.8 Å². The standard InChI is InChI=1S/C19H20N2O2/c1-12-9-13(2)18-16(10-12)17(20-14(3)22)19(23)21(18)11-15-7-5-4-6-8-15/h4-10,17H,11H2,1-3H3,(H,20,22)/t17-/m1/s1. The lowest BCUT2D eigenvalue weighted by Gasteiger charge is -2.20. The van der Waals surface area contributed by atoms with E-state index in [2.05, 4.69) is 11.4 Å². The average molecular weight is 308 g/mol. The molecule has 1 aliphatic rings. The molecule has 0 spiro atoms. The number of anilines is 1. The molecule has 0 radical (unpaired) electrons. The Bertz CT molecular complexity index is 768. The smallest absolute Gasteiger partial charge is 0.254 e. The summed E-state index contributed by atoms with van der Waals surface area (Å²) in [4.78, 5) is 26.2. The molecule has 0 bridgehead atoms. The van der Waals surface area contributed by atoms with Crippen molar-refractivity contribution in [1.82, 2.24) is 5.32 Å². The fraction of sp³-hybridized carbons (Fsp3) is 0.263. The normalized spacial score (nSPS) is 16.4. The zero-order valence-electron chi connectivity index (χ0n) is 13.6. The van der Waals surface area contributed by atoms with Gasteiger partial charge in [-0.05, 0) is 25.0 Å². The molecule has 0 unspecified atom stereocenters. The number of nitrogens with zero attached hydrogens (tertiary/aromatic N) is 1. The van der Waals surface area contributed by atoms with E-state index in [9.17, 15) is 9.59 Å². The number of fused-ring (bicyclic) bond motifs is 1. The van der Waals surface area contributed by atoms with Crippen LogP contribution in [0.2, 0.25) is 0 Å². The lowest BCUT2D eigenvalue weighted by Crippen LogP contribution is -2.36. The maximum Gasteiger partial charge on any atom is 0.254 e. The van der Waals surface area contributed by atoms with Gasteiger partial charge < -0.3 is 10.2 Å². The molecule has 3 rings (SSSR count). The Hall–Kier alpha value is -2.62. The van der Waals surface area contributed by atoms with Crippen LogP contribution in [-0.4, -0.2) is 11.8 Å². The summed E-state index contributed by atoms with van der Waals surface area (Å²) >= 11 is 0. The van der Waals surface area contributed by atoms with Crippen molar-refractivity contribution < 1.29 is 9.59 Å². The van der Waals surface area contributed by atoms with Gasteiger partial charge in [-0.15, -0.1) is 0 Å². The first-order chi connectivity index (χ1) is 11.0. The molecule has 1 heterocycles. The highest BCUT2D eigenvalue weighted by molar-refractivity contribution is 6.06. The molecule has 2 aromatic carbocycles. The number of carbonyl (C=O) groups is 2. The number of hydrogen-bond donors (Lipinski definition) is 1. The summed E-state index contributed by atoms with van der Waals surface area (Å²) in [7, 11) is 0. The third-order valence-corrected chi connectivity index (χ3v) is 4.10. The Morgan fingerprint density at radius 3 is 2.52 bits per heavy atom. The predicted molar refractivity (Wildman–Crippen MR) is 90.1 cm³/mol. The number of aryl methyl sites for hydroxylation is 2. The Kier molecular flexibility index (Phi) is 3.90. The van der Waals surface area contributed by atoms with E-state index < -0.39 is 6.04 Å². The van der Waals surface area contributed by atoms with Crippen LogP contribution in [0.5, 0.6) is 0 Å². The molecule has 23 heavy (non-hydrogen) atoms. The van der Waals surface area contributed by atoms with Crippen LogP contribution in [0.25, 0.3) is 0 Å². The van der Waals surface area contributed by atoms with Crippen molar-refractivity contribution in [3.8, 4) is 0 Å². The van der Waals surface area contributed by atoms with E-state index in [0.29, 0.717) is 6.54 Å². The lowest BCUT2D eigenvalue weighted by atomic mass is 10.0. The van der Waals surface area contributed by atoms with Crippen molar-refractivity contribution in [2.75, 3.05) is 4.90 Å². The van der Waals surface area contributed by atoms with Crippen LogP contribution >= 0.6 is 0 Å². The molecule has 1 N–H and O–H groups in total. The molecule has 2 aromatic rings. The second-order valence-electron chi connectivity index (χ2n) is 6.06. The van der Waals surface area contributed by atoms with Crippen LogP contribution in [0.4, 0.5) is 5.69 Å². The lowest BCUT2D eigenvalue weighted by molar-refractivity contribution is -0.126. The fourth-order valence-electron chi connectivity index (χ4n) is 3.25. The highest BCUT2D eigenvalue weighted by Crippen LogP contribution is 2.40. The van der Waals surface area contributed by atoms with Crippen LogP contribution in [0.3, 0.4) is 0 Å². The second-order valence-corrected chi connectivity index (χ2v) is 6.06. The van der Waals surface area contributed by atoms with Gasteiger partial charge in [0.25, 0.3) is 5.91 Å². The molecule has 1 atom stereocenters. The first-order valence-electron chi connectivity index (χ1n) is 7.71. The zero-order valence-corrected chi connectivity index (χ0v) is 13.6. The van der Waals surface area contributed by atoms with E-state index in [4.69, 9.17) is 0 Å². The Labute approximate surface area is 136 Å². The minimum absolute atomic E-state index is 0.0762. The van der Waals surface area contributed by atoms with E-state index in [1.54, 1.807) is 4.90 Å². The van der Waals surface area contributed by atoms with Crippen LogP contribution in [-0.2, 0) is 16.1 Å². The average Bonchev–Trinajstić information content (AvgIpc) is 2.74. The van der Waals surface area contributed by atoms with Gasteiger partial charge in [0.15, 0.2) is 0 Å². The predicted octanol–water partition coefficient (Wildman–Crippen LogP) is 3.03. The largest absolute Gasteiger partial charge is 0.341 e. The van der Waals surface area contributed by atoms with E-state index >= 15 is 0 Å². The molecule has 0 aliphatic carbocycles. The monoisotopic (exact) mass is 308 g/mol. The highest BCUT2D eigenvalue weighted by Gasteiger charge is 2.38. The van der Waals surface area contributed by atoms with E-state index in [0.717, 1.165) is 27.9 Å². The van der Waals surface area contributed by atoms with Crippen molar-refractivity contribution in [3.05, 3.63) is 64.7 Å². The van der Waals surface area contributed by atoms with Crippen LogP contribution in [0.1, 0.15) is 35.2 Å². The summed E-state index contributed by atoms with van der Waals surface area (Å²) in [6.45, 7) is 5.96. The Balaban J connectivity index is 2.05. The van der Waals surface area contributed by atoms with Gasteiger partial charge in [0, 0.05) is 12.5 Å². The third-order valence-electron chi connectivity index (χ3n) is 4.10. The number of hydrogen-bond acceptors (Lipinski definition) is 2. The topological polar surface area (TPSA) is 49.4 Å². The summed E-state index contributed by atoms with van der Waals surface area (Å²) < 4.78 is 0. The number of rotatable bonds is 3. The SMILES string of the molecule is CC(=O)N[C@H]1C(=O)N(Cc2ccccc2)c2c(C)cc(C)cc21. The molecule has 0 saturated heterocycles. The minimum atomic E-state index is -0.593.